The summed E-state index contributed by atoms with van der Waals surface area (Å²) >= 11 is 0. The summed E-state index contributed by atoms with van der Waals surface area (Å²) in [6.07, 6.45) is 4.59. The second-order valence-electron chi connectivity index (χ2n) is 5.99. The van der Waals surface area contributed by atoms with E-state index in [4.69, 9.17) is 4.42 Å². The van der Waals surface area contributed by atoms with Gasteiger partial charge in [-0.25, -0.2) is 0 Å². The molecule has 1 aromatic heterocycles. The van der Waals surface area contributed by atoms with E-state index < -0.39 is 0 Å². The maximum atomic E-state index is 12.1. The van der Waals surface area contributed by atoms with E-state index in [2.05, 4.69) is 16.0 Å². The predicted octanol–water partition coefficient (Wildman–Crippen LogP) is 2.63. The minimum absolute atomic E-state index is 0.152. The van der Waals surface area contributed by atoms with Crippen LogP contribution in [0.4, 0.5) is 5.69 Å². The van der Waals surface area contributed by atoms with Crippen LogP contribution in [0, 0.1) is 0 Å². The van der Waals surface area contributed by atoms with Gasteiger partial charge >= 0.3 is 0 Å². The molecule has 0 bridgehead atoms. The first kappa shape index (κ1) is 20.0. The summed E-state index contributed by atoms with van der Waals surface area (Å²) < 4.78 is 5.09. The minimum atomic E-state index is -0.296. The second kappa shape index (κ2) is 9.96. The number of amides is 3. The quantitative estimate of drug-likeness (QED) is 0.623. The summed E-state index contributed by atoms with van der Waals surface area (Å²) in [6.45, 7) is 3.53. The molecule has 2 aromatic rings. The van der Waals surface area contributed by atoms with Gasteiger partial charge in [-0.15, -0.1) is 0 Å². The third kappa shape index (κ3) is 7.19. The molecular weight excluding hydrogens is 346 g/mol. The summed E-state index contributed by atoms with van der Waals surface area (Å²) in [4.78, 5) is 34.9. The number of rotatable bonds is 8. The fourth-order valence-corrected chi connectivity index (χ4v) is 2.39. The Balaban J connectivity index is 1.75. The maximum absolute atomic E-state index is 12.1. The summed E-state index contributed by atoms with van der Waals surface area (Å²) in [5.74, 6) is -0.0445. The Labute approximate surface area is 157 Å². The maximum Gasteiger partial charge on any atom is 0.244 e. The van der Waals surface area contributed by atoms with Gasteiger partial charge in [0.2, 0.25) is 17.7 Å². The fraction of sp³-hybridized carbons (Fsp3) is 0.250. The van der Waals surface area contributed by atoms with E-state index in [9.17, 15) is 14.4 Å². The van der Waals surface area contributed by atoms with Gasteiger partial charge < -0.3 is 20.4 Å². The fourth-order valence-electron chi connectivity index (χ4n) is 2.39. The van der Waals surface area contributed by atoms with Gasteiger partial charge in [0, 0.05) is 31.7 Å². The van der Waals surface area contributed by atoms with Crippen LogP contribution >= 0.6 is 0 Å². The lowest BCUT2D eigenvalue weighted by Crippen LogP contribution is -2.31. The predicted molar refractivity (Wildman–Crippen MR) is 103 cm³/mol. The van der Waals surface area contributed by atoms with Crippen molar-refractivity contribution in [1.82, 2.24) is 10.6 Å². The number of furan rings is 1. The van der Waals surface area contributed by atoms with Crippen molar-refractivity contribution in [3.63, 3.8) is 0 Å². The molecule has 0 aliphatic carbocycles. The highest BCUT2D eigenvalue weighted by atomic mass is 16.3. The topological polar surface area (TPSA) is 100 Å². The summed E-state index contributed by atoms with van der Waals surface area (Å²) in [5, 5.41) is 8.22. The van der Waals surface area contributed by atoms with Gasteiger partial charge in [0.05, 0.1) is 12.3 Å². The molecule has 0 fully saturated rings. The van der Waals surface area contributed by atoms with E-state index in [-0.39, 0.29) is 36.7 Å². The third-order valence-electron chi connectivity index (χ3n) is 3.68. The van der Waals surface area contributed by atoms with Crippen LogP contribution < -0.4 is 16.0 Å². The summed E-state index contributed by atoms with van der Waals surface area (Å²) in [7, 11) is 0. The molecule has 27 heavy (non-hydrogen) atoms. The zero-order chi connectivity index (χ0) is 19.6. The molecule has 0 saturated heterocycles. The number of anilines is 1. The molecule has 1 aromatic carbocycles. The van der Waals surface area contributed by atoms with Gasteiger partial charge in [-0.3, -0.25) is 14.4 Å². The molecule has 0 aliphatic rings. The van der Waals surface area contributed by atoms with E-state index in [1.165, 1.54) is 19.3 Å². The molecular formula is C20H23N3O4. The van der Waals surface area contributed by atoms with Crippen molar-refractivity contribution in [2.75, 3.05) is 11.9 Å². The Morgan fingerprint density at radius 3 is 2.70 bits per heavy atom. The van der Waals surface area contributed by atoms with E-state index in [0.29, 0.717) is 11.4 Å². The lowest BCUT2D eigenvalue weighted by atomic mass is 10.1. The number of carbonyl (C=O) groups is 3. The largest absolute Gasteiger partial charge is 0.465 e. The lowest BCUT2D eigenvalue weighted by molar-refractivity contribution is -0.122. The van der Waals surface area contributed by atoms with Crippen molar-refractivity contribution in [3.05, 3.63) is 60.1 Å². The monoisotopic (exact) mass is 369 g/mol. The zero-order valence-corrected chi connectivity index (χ0v) is 15.3. The molecule has 1 atom stereocenters. The van der Waals surface area contributed by atoms with Gasteiger partial charge in [0.25, 0.3) is 0 Å². The van der Waals surface area contributed by atoms with Gasteiger partial charge in [-0.1, -0.05) is 12.1 Å². The lowest BCUT2D eigenvalue weighted by Gasteiger charge is -2.15. The summed E-state index contributed by atoms with van der Waals surface area (Å²) in [5.41, 5.74) is 1.55. The van der Waals surface area contributed by atoms with Gasteiger partial charge in [0.15, 0.2) is 0 Å². The van der Waals surface area contributed by atoms with E-state index >= 15 is 0 Å². The van der Waals surface area contributed by atoms with Crippen LogP contribution in [0.1, 0.15) is 37.6 Å². The van der Waals surface area contributed by atoms with Gasteiger partial charge in [-0.05, 0) is 42.8 Å². The first-order chi connectivity index (χ1) is 12.9. The molecule has 2 rings (SSSR count). The molecule has 0 saturated carbocycles. The third-order valence-corrected chi connectivity index (χ3v) is 3.68. The highest BCUT2D eigenvalue weighted by Crippen LogP contribution is 2.17. The van der Waals surface area contributed by atoms with Crippen LogP contribution in [-0.4, -0.2) is 24.3 Å². The SMILES string of the molecule is CC(=O)Nc1cccc(C(C)NC(=O)CCNC(=O)/C=C/c2ccco2)c1. The van der Waals surface area contributed by atoms with Crippen LogP contribution in [0.3, 0.4) is 0 Å². The molecule has 0 spiro atoms. The number of carbonyl (C=O) groups excluding carboxylic acids is 3. The van der Waals surface area contributed by atoms with Crippen LogP contribution in [0.5, 0.6) is 0 Å². The first-order valence-corrected chi connectivity index (χ1v) is 8.60. The average molecular weight is 369 g/mol. The van der Waals surface area contributed by atoms with Crippen molar-refractivity contribution in [3.8, 4) is 0 Å². The van der Waals surface area contributed by atoms with Crippen LogP contribution in [-0.2, 0) is 14.4 Å². The van der Waals surface area contributed by atoms with Crippen LogP contribution in [0.15, 0.2) is 53.2 Å². The highest BCUT2D eigenvalue weighted by Gasteiger charge is 2.10. The normalized spacial score (nSPS) is 11.8. The molecule has 0 aliphatic heterocycles. The molecule has 7 nitrogen and oxygen atoms in total. The minimum Gasteiger partial charge on any atom is -0.465 e. The molecule has 0 radical (unpaired) electrons. The van der Waals surface area contributed by atoms with Crippen LogP contribution in [0.25, 0.3) is 6.08 Å². The van der Waals surface area contributed by atoms with E-state index in [1.54, 1.807) is 24.3 Å². The Morgan fingerprint density at radius 2 is 2.00 bits per heavy atom. The van der Waals surface area contributed by atoms with Crippen LogP contribution in [0.2, 0.25) is 0 Å². The van der Waals surface area contributed by atoms with Crippen molar-refractivity contribution in [2.45, 2.75) is 26.3 Å². The van der Waals surface area contributed by atoms with Crippen molar-refractivity contribution < 1.29 is 18.8 Å². The van der Waals surface area contributed by atoms with E-state index in [0.717, 1.165) is 5.56 Å². The molecule has 7 heteroatoms. The molecule has 1 heterocycles. The Bertz CT molecular complexity index is 812. The zero-order valence-electron chi connectivity index (χ0n) is 15.3. The molecule has 3 amide bonds. The van der Waals surface area contributed by atoms with Crippen molar-refractivity contribution in [2.24, 2.45) is 0 Å². The van der Waals surface area contributed by atoms with Crippen molar-refractivity contribution in [1.29, 1.82) is 0 Å². The molecule has 142 valence electrons. The number of hydrogen-bond acceptors (Lipinski definition) is 4. The second-order valence-corrected chi connectivity index (χ2v) is 5.99. The Morgan fingerprint density at radius 1 is 1.19 bits per heavy atom. The first-order valence-electron chi connectivity index (χ1n) is 8.60. The standard InChI is InChI=1S/C20H23N3O4/c1-14(16-5-3-6-17(13-16)23-15(2)24)22-20(26)10-11-21-19(25)9-8-18-7-4-12-27-18/h3-9,12-14H,10-11H2,1-2H3,(H,21,25)(H,22,26)(H,23,24)/b9-8+. The summed E-state index contributed by atoms with van der Waals surface area (Å²) in [6, 6.07) is 10.5. The number of benzene rings is 1. The molecule has 1 unspecified atom stereocenters. The number of hydrogen-bond donors (Lipinski definition) is 3. The van der Waals surface area contributed by atoms with E-state index in [1.807, 2.05) is 25.1 Å². The highest BCUT2D eigenvalue weighted by molar-refractivity contribution is 5.91. The average Bonchev–Trinajstić information content (AvgIpc) is 3.13. The Hall–Kier alpha value is -3.35. The van der Waals surface area contributed by atoms with Gasteiger partial charge in [0.1, 0.15) is 5.76 Å². The van der Waals surface area contributed by atoms with Crippen molar-refractivity contribution >= 4 is 29.5 Å². The number of nitrogens with one attached hydrogen (secondary N) is 3. The smallest absolute Gasteiger partial charge is 0.244 e. The van der Waals surface area contributed by atoms with Gasteiger partial charge in [-0.2, -0.15) is 0 Å². The Kier molecular flexibility index (Phi) is 7.37. The molecule has 3 N–H and O–H groups in total.